The fourth-order valence-electron chi connectivity index (χ4n) is 2.67. The molecule has 0 bridgehead atoms. The molecule has 2 heteroatoms. The summed E-state index contributed by atoms with van der Waals surface area (Å²) in [6.45, 7) is 3.51. The van der Waals surface area contributed by atoms with Gasteiger partial charge in [0.15, 0.2) is 0 Å². The minimum absolute atomic E-state index is 0.791. The molecule has 0 aromatic heterocycles. The Kier molecular flexibility index (Phi) is 2.66. The molecule has 2 N–H and O–H groups in total. The van der Waals surface area contributed by atoms with Gasteiger partial charge in [0, 0.05) is 12.6 Å². The van der Waals surface area contributed by atoms with Crippen molar-refractivity contribution < 1.29 is 0 Å². The average molecular weight is 168 g/mol. The molecule has 0 radical (unpaired) electrons. The first-order chi connectivity index (χ1) is 5.90. The largest absolute Gasteiger partial charge is 0.330 e. The molecule has 2 aliphatic heterocycles. The zero-order valence-corrected chi connectivity index (χ0v) is 7.84. The van der Waals surface area contributed by atoms with Crippen LogP contribution in [0.4, 0.5) is 0 Å². The maximum absolute atomic E-state index is 5.70. The van der Waals surface area contributed by atoms with Crippen molar-refractivity contribution in [2.75, 3.05) is 19.6 Å². The van der Waals surface area contributed by atoms with E-state index in [1.54, 1.807) is 0 Å². The quantitative estimate of drug-likeness (QED) is 0.637. The molecule has 2 heterocycles. The summed E-state index contributed by atoms with van der Waals surface area (Å²) in [5.41, 5.74) is 5.70. The van der Waals surface area contributed by atoms with Crippen molar-refractivity contribution in [1.82, 2.24) is 4.90 Å². The predicted molar refractivity (Wildman–Crippen MR) is 51.0 cm³/mol. The molecule has 0 aromatic carbocycles. The van der Waals surface area contributed by atoms with Gasteiger partial charge < -0.3 is 10.6 Å². The molecule has 2 nitrogen and oxygen atoms in total. The molecule has 2 fully saturated rings. The first-order valence-electron chi connectivity index (χ1n) is 5.34. The lowest BCUT2D eigenvalue weighted by atomic mass is 9.88. The monoisotopic (exact) mass is 168 g/mol. The lowest BCUT2D eigenvalue weighted by molar-refractivity contribution is 0.0778. The van der Waals surface area contributed by atoms with Gasteiger partial charge in [-0.1, -0.05) is 6.42 Å². The van der Waals surface area contributed by atoms with Crippen LogP contribution in [0, 0.1) is 5.92 Å². The predicted octanol–water partition coefficient (Wildman–Crippen LogP) is 1.21. The van der Waals surface area contributed by atoms with Gasteiger partial charge in [-0.05, 0) is 44.7 Å². The van der Waals surface area contributed by atoms with Crippen LogP contribution in [0.1, 0.15) is 32.1 Å². The van der Waals surface area contributed by atoms with Gasteiger partial charge in [-0.3, -0.25) is 0 Å². The van der Waals surface area contributed by atoms with E-state index in [-0.39, 0.29) is 0 Å². The molecular weight excluding hydrogens is 148 g/mol. The minimum Gasteiger partial charge on any atom is -0.330 e. The van der Waals surface area contributed by atoms with Gasteiger partial charge in [0.05, 0.1) is 0 Å². The van der Waals surface area contributed by atoms with E-state index in [0.717, 1.165) is 18.5 Å². The Balaban J connectivity index is 1.90. The highest BCUT2D eigenvalue weighted by molar-refractivity contribution is 4.84. The summed E-state index contributed by atoms with van der Waals surface area (Å²) >= 11 is 0. The highest BCUT2D eigenvalue weighted by Crippen LogP contribution is 2.28. The number of nitrogens with two attached hydrogens (primary N) is 1. The number of piperidine rings is 2. The summed E-state index contributed by atoms with van der Waals surface area (Å²) in [6.07, 6.45) is 7.08. The molecule has 2 atom stereocenters. The Morgan fingerprint density at radius 2 is 2.08 bits per heavy atom. The Morgan fingerprint density at radius 3 is 2.92 bits per heavy atom. The van der Waals surface area contributed by atoms with Gasteiger partial charge in [0.2, 0.25) is 0 Å². The summed E-state index contributed by atoms with van der Waals surface area (Å²) in [7, 11) is 0. The molecule has 2 rings (SSSR count). The van der Waals surface area contributed by atoms with E-state index in [4.69, 9.17) is 5.73 Å². The smallest absolute Gasteiger partial charge is 0.00955 e. The normalized spacial score (nSPS) is 37.8. The van der Waals surface area contributed by atoms with Gasteiger partial charge in [0.1, 0.15) is 0 Å². The number of nitrogens with zero attached hydrogens (tertiary/aromatic N) is 1. The summed E-state index contributed by atoms with van der Waals surface area (Å²) in [5, 5.41) is 0. The second kappa shape index (κ2) is 3.75. The van der Waals surface area contributed by atoms with Crippen LogP contribution in [0.3, 0.4) is 0 Å². The highest BCUT2D eigenvalue weighted by atomic mass is 15.2. The van der Waals surface area contributed by atoms with Crippen molar-refractivity contribution in [1.29, 1.82) is 0 Å². The molecular formula is C10H20N2. The van der Waals surface area contributed by atoms with Crippen molar-refractivity contribution >= 4 is 0 Å². The Labute approximate surface area is 75.1 Å². The fourth-order valence-corrected chi connectivity index (χ4v) is 2.67. The van der Waals surface area contributed by atoms with Gasteiger partial charge in [-0.25, -0.2) is 0 Å². The first kappa shape index (κ1) is 8.52. The number of hydrogen-bond donors (Lipinski definition) is 1. The van der Waals surface area contributed by atoms with Crippen molar-refractivity contribution in [3.05, 3.63) is 0 Å². The first-order valence-corrected chi connectivity index (χ1v) is 5.34. The molecule has 2 saturated heterocycles. The molecule has 0 aromatic rings. The molecule has 0 saturated carbocycles. The van der Waals surface area contributed by atoms with E-state index >= 15 is 0 Å². The van der Waals surface area contributed by atoms with Crippen molar-refractivity contribution in [3.8, 4) is 0 Å². The van der Waals surface area contributed by atoms with Crippen molar-refractivity contribution in [3.63, 3.8) is 0 Å². The zero-order valence-electron chi connectivity index (χ0n) is 7.84. The van der Waals surface area contributed by atoms with E-state index in [0.29, 0.717) is 0 Å². The summed E-state index contributed by atoms with van der Waals surface area (Å²) in [6, 6.07) is 0.918. The van der Waals surface area contributed by atoms with Crippen LogP contribution < -0.4 is 5.73 Å². The molecule has 0 spiro atoms. The summed E-state index contributed by atoms with van der Waals surface area (Å²) < 4.78 is 0. The molecule has 12 heavy (non-hydrogen) atoms. The van der Waals surface area contributed by atoms with Gasteiger partial charge in [-0.2, -0.15) is 0 Å². The molecule has 70 valence electrons. The van der Waals surface area contributed by atoms with Crippen LogP contribution in [0.5, 0.6) is 0 Å². The number of fused-ring (bicyclic) bond motifs is 1. The number of hydrogen-bond acceptors (Lipinski definition) is 2. The van der Waals surface area contributed by atoms with Gasteiger partial charge in [0.25, 0.3) is 0 Å². The fraction of sp³-hybridized carbons (Fsp3) is 1.00. The second-order valence-corrected chi connectivity index (χ2v) is 4.32. The number of rotatable bonds is 1. The topological polar surface area (TPSA) is 29.3 Å². The van der Waals surface area contributed by atoms with Crippen LogP contribution in [0.15, 0.2) is 0 Å². The van der Waals surface area contributed by atoms with Crippen molar-refractivity contribution in [2.45, 2.75) is 38.1 Å². The SMILES string of the molecule is NC[C@H]1CC[C@@H]2CCCCN2C1. The Morgan fingerprint density at radius 1 is 1.17 bits per heavy atom. The third kappa shape index (κ3) is 1.64. The third-order valence-corrected chi connectivity index (χ3v) is 3.48. The van der Waals surface area contributed by atoms with Crippen LogP contribution >= 0.6 is 0 Å². The van der Waals surface area contributed by atoms with Crippen LogP contribution in [-0.2, 0) is 0 Å². The van der Waals surface area contributed by atoms with Crippen molar-refractivity contribution in [2.24, 2.45) is 11.7 Å². The van der Waals surface area contributed by atoms with E-state index < -0.39 is 0 Å². The van der Waals surface area contributed by atoms with Crippen LogP contribution in [0.2, 0.25) is 0 Å². The third-order valence-electron chi connectivity index (χ3n) is 3.48. The molecule has 0 aliphatic carbocycles. The second-order valence-electron chi connectivity index (χ2n) is 4.32. The average Bonchev–Trinajstić information content (AvgIpc) is 2.17. The standard InChI is InChI=1S/C10H20N2/c11-7-9-4-5-10-3-1-2-6-12(10)8-9/h9-10H,1-8,11H2/t9-,10+/m1/s1. The maximum Gasteiger partial charge on any atom is 0.00955 e. The van der Waals surface area contributed by atoms with Crippen LogP contribution in [-0.4, -0.2) is 30.6 Å². The van der Waals surface area contributed by atoms with Crippen LogP contribution in [0.25, 0.3) is 0 Å². The summed E-state index contributed by atoms with van der Waals surface area (Å²) in [4.78, 5) is 2.67. The molecule has 0 amide bonds. The maximum atomic E-state index is 5.70. The Bertz CT molecular complexity index is 147. The summed E-state index contributed by atoms with van der Waals surface area (Å²) in [5.74, 6) is 0.791. The Hall–Kier alpha value is -0.0800. The zero-order chi connectivity index (χ0) is 8.39. The highest BCUT2D eigenvalue weighted by Gasteiger charge is 2.28. The lowest BCUT2D eigenvalue weighted by Crippen LogP contribution is -2.47. The van der Waals surface area contributed by atoms with E-state index in [1.165, 1.54) is 45.2 Å². The molecule has 0 unspecified atom stereocenters. The van der Waals surface area contributed by atoms with E-state index in [2.05, 4.69) is 4.90 Å². The minimum atomic E-state index is 0.791. The van der Waals surface area contributed by atoms with E-state index in [1.807, 2.05) is 0 Å². The van der Waals surface area contributed by atoms with Gasteiger partial charge >= 0.3 is 0 Å². The molecule has 2 aliphatic rings. The van der Waals surface area contributed by atoms with E-state index in [9.17, 15) is 0 Å². The van der Waals surface area contributed by atoms with Gasteiger partial charge in [-0.15, -0.1) is 0 Å². The lowest BCUT2D eigenvalue weighted by Gasteiger charge is -2.42.